The van der Waals surface area contributed by atoms with Gasteiger partial charge in [-0.1, -0.05) is 13.3 Å². The standard InChI is InChI=1S/C22H31N5O5S/c1-3-4-7-27-21(29)18-6-5-17(16-19(18)22(27)30)20(28)24-10-14-26(15-11-24)33(31,32)25-12-8-23(2)9-13-25/h5-6,16H,3-4,7-15H2,1-2H3. The maximum atomic E-state index is 13.1. The highest BCUT2D eigenvalue weighted by Gasteiger charge is 2.37. The van der Waals surface area contributed by atoms with E-state index in [-0.39, 0.29) is 49.5 Å². The number of fused-ring (bicyclic) bond motifs is 1. The molecule has 0 aliphatic carbocycles. The summed E-state index contributed by atoms with van der Waals surface area (Å²) in [6.07, 6.45) is 1.60. The smallest absolute Gasteiger partial charge is 0.282 e. The quantitative estimate of drug-likeness (QED) is 0.548. The summed E-state index contributed by atoms with van der Waals surface area (Å²) >= 11 is 0. The zero-order valence-corrected chi connectivity index (χ0v) is 20.0. The molecular weight excluding hydrogens is 446 g/mol. The van der Waals surface area contributed by atoms with E-state index in [9.17, 15) is 22.8 Å². The van der Waals surface area contributed by atoms with Crippen LogP contribution in [-0.2, 0) is 10.2 Å². The SMILES string of the molecule is CCCCN1C(=O)c2ccc(C(=O)N3CCN(S(=O)(=O)N4CCN(C)CC4)CC3)cc2C1=O. The summed E-state index contributed by atoms with van der Waals surface area (Å²) in [6, 6.07) is 4.61. The normalized spacial score (nSPS) is 21.0. The third-order valence-electron chi connectivity index (χ3n) is 6.59. The molecule has 0 saturated carbocycles. The molecule has 0 aromatic heterocycles. The van der Waals surface area contributed by atoms with Gasteiger partial charge in [0.05, 0.1) is 11.1 Å². The molecule has 3 aliphatic heterocycles. The molecule has 0 bridgehead atoms. The number of carbonyl (C=O) groups is 3. The van der Waals surface area contributed by atoms with E-state index in [4.69, 9.17) is 0 Å². The molecule has 33 heavy (non-hydrogen) atoms. The number of carbonyl (C=O) groups excluding carboxylic acids is 3. The summed E-state index contributed by atoms with van der Waals surface area (Å²) in [7, 11) is -1.57. The topological polar surface area (TPSA) is 102 Å². The summed E-state index contributed by atoms with van der Waals surface area (Å²) in [5.74, 6) is -0.937. The number of unbranched alkanes of at least 4 members (excludes halogenated alkanes) is 1. The number of imide groups is 1. The molecule has 0 spiro atoms. The summed E-state index contributed by atoms with van der Waals surface area (Å²) in [6.45, 7) is 5.71. The maximum Gasteiger partial charge on any atom is 0.282 e. The van der Waals surface area contributed by atoms with Crippen LogP contribution in [0.4, 0.5) is 0 Å². The number of hydrogen-bond acceptors (Lipinski definition) is 6. The fraction of sp³-hybridized carbons (Fsp3) is 0.591. The van der Waals surface area contributed by atoms with Gasteiger partial charge in [0.15, 0.2) is 0 Å². The molecule has 0 atom stereocenters. The van der Waals surface area contributed by atoms with E-state index < -0.39 is 10.2 Å². The molecule has 1 aromatic rings. The zero-order chi connectivity index (χ0) is 23.8. The molecule has 1 aromatic carbocycles. The van der Waals surface area contributed by atoms with Crippen molar-refractivity contribution in [3.8, 4) is 0 Å². The van der Waals surface area contributed by atoms with Crippen molar-refractivity contribution in [3.05, 3.63) is 34.9 Å². The lowest BCUT2D eigenvalue weighted by Gasteiger charge is -2.39. The minimum atomic E-state index is -3.54. The number of benzene rings is 1. The van der Waals surface area contributed by atoms with Crippen molar-refractivity contribution >= 4 is 27.9 Å². The van der Waals surface area contributed by atoms with Gasteiger partial charge < -0.3 is 9.80 Å². The Hall–Kier alpha value is -2.34. The van der Waals surface area contributed by atoms with Gasteiger partial charge >= 0.3 is 0 Å². The molecule has 3 amide bonds. The second-order valence-electron chi connectivity index (χ2n) is 8.78. The first-order valence-electron chi connectivity index (χ1n) is 11.5. The number of nitrogens with zero attached hydrogens (tertiary/aromatic N) is 5. The minimum Gasteiger partial charge on any atom is -0.336 e. The van der Waals surface area contributed by atoms with Crippen LogP contribution in [0.15, 0.2) is 18.2 Å². The van der Waals surface area contributed by atoms with Gasteiger partial charge in [-0.3, -0.25) is 19.3 Å². The van der Waals surface area contributed by atoms with E-state index in [1.54, 1.807) is 17.0 Å². The Labute approximate surface area is 194 Å². The van der Waals surface area contributed by atoms with E-state index in [1.807, 2.05) is 14.0 Å². The van der Waals surface area contributed by atoms with Crippen molar-refractivity contribution in [2.45, 2.75) is 19.8 Å². The lowest BCUT2D eigenvalue weighted by Crippen LogP contribution is -2.57. The van der Waals surface area contributed by atoms with Crippen molar-refractivity contribution in [2.75, 3.05) is 66.0 Å². The van der Waals surface area contributed by atoms with Gasteiger partial charge in [0.2, 0.25) is 0 Å². The van der Waals surface area contributed by atoms with Crippen molar-refractivity contribution in [1.29, 1.82) is 0 Å². The van der Waals surface area contributed by atoms with Crippen molar-refractivity contribution in [3.63, 3.8) is 0 Å². The zero-order valence-electron chi connectivity index (χ0n) is 19.2. The number of rotatable bonds is 6. The fourth-order valence-electron chi connectivity index (χ4n) is 4.43. The van der Waals surface area contributed by atoms with E-state index in [0.29, 0.717) is 43.9 Å². The number of hydrogen-bond donors (Lipinski definition) is 0. The van der Waals surface area contributed by atoms with E-state index in [0.717, 1.165) is 12.8 Å². The highest BCUT2D eigenvalue weighted by Crippen LogP contribution is 2.25. The largest absolute Gasteiger partial charge is 0.336 e. The predicted molar refractivity (Wildman–Crippen MR) is 122 cm³/mol. The van der Waals surface area contributed by atoms with Crippen LogP contribution in [0.5, 0.6) is 0 Å². The number of amides is 3. The minimum absolute atomic E-state index is 0.230. The first kappa shape index (κ1) is 23.8. The van der Waals surface area contributed by atoms with Crippen molar-refractivity contribution < 1.29 is 22.8 Å². The molecule has 180 valence electrons. The fourth-order valence-corrected chi connectivity index (χ4v) is 6.01. The van der Waals surface area contributed by atoms with Crippen LogP contribution < -0.4 is 0 Å². The highest BCUT2D eigenvalue weighted by atomic mass is 32.2. The van der Waals surface area contributed by atoms with Gasteiger partial charge in [0.1, 0.15) is 0 Å². The molecule has 10 nitrogen and oxygen atoms in total. The molecule has 3 aliphatic rings. The van der Waals surface area contributed by atoms with Crippen LogP contribution in [0.1, 0.15) is 50.8 Å². The van der Waals surface area contributed by atoms with Crippen molar-refractivity contribution in [2.24, 2.45) is 0 Å². The number of likely N-dealkylation sites (N-methyl/N-ethyl adjacent to an activating group) is 1. The monoisotopic (exact) mass is 477 g/mol. The van der Waals surface area contributed by atoms with Gasteiger partial charge in [-0.15, -0.1) is 0 Å². The lowest BCUT2D eigenvalue weighted by atomic mass is 10.0. The third kappa shape index (κ3) is 4.54. The summed E-state index contributed by atoms with van der Waals surface area (Å²) in [5, 5.41) is 0. The van der Waals surface area contributed by atoms with Gasteiger partial charge in [-0.05, 0) is 31.7 Å². The second-order valence-corrected chi connectivity index (χ2v) is 10.7. The average Bonchev–Trinajstić information content (AvgIpc) is 3.06. The first-order valence-corrected chi connectivity index (χ1v) is 12.9. The Balaban J connectivity index is 1.40. The average molecular weight is 478 g/mol. The van der Waals surface area contributed by atoms with Gasteiger partial charge in [0, 0.05) is 64.5 Å². The Morgan fingerprint density at radius 3 is 2.06 bits per heavy atom. The Bertz CT molecular complexity index is 1040. The first-order chi connectivity index (χ1) is 15.7. The van der Waals surface area contributed by atoms with Crippen LogP contribution in [0.3, 0.4) is 0 Å². The molecule has 2 saturated heterocycles. The van der Waals surface area contributed by atoms with E-state index in [2.05, 4.69) is 4.90 Å². The van der Waals surface area contributed by atoms with Crippen LogP contribution in [-0.4, -0.2) is 115 Å². The van der Waals surface area contributed by atoms with Crippen LogP contribution >= 0.6 is 0 Å². The molecule has 11 heteroatoms. The second kappa shape index (κ2) is 9.49. The van der Waals surface area contributed by atoms with Crippen LogP contribution in [0.25, 0.3) is 0 Å². The summed E-state index contributed by atoms with van der Waals surface area (Å²) in [5.41, 5.74) is 0.927. The van der Waals surface area contributed by atoms with Crippen molar-refractivity contribution in [1.82, 2.24) is 23.3 Å². The Morgan fingerprint density at radius 2 is 1.45 bits per heavy atom. The van der Waals surface area contributed by atoms with E-state index >= 15 is 0 Å². The molecule has 2 fully saturated rings. The predicted octanol–water partition coefficient (Wildman–Crippen LogP) is 0.333. The molecule has 3 heterocycles. The van der Waals surface area contributed by atoms with Gasteiger partial charge in [0.25, 0.3) is 27.9 Å². The number of piperazine rings is 2. The molecule has 4 rings (SSSR count). The Kier molecular flexibility index (Phi) is 6.85. The maximum absolute atomic E-state index is 13.1. The third-order valence-corrected chi connectivity index (χ3v) is 8.63. The Morgan fingerprint density at radius 1 is 0.879 bits per heavy atom. The lowest BCUT2D eigenvalue weighted by molar-refractivity contribution is 0.0651. The molecule has 0 unspecified atom stereocenters. The summed E-state index contributed by atoms with van der Waals surface area (Å²) in [4.78, 5) is 43.2. The van der Waals surface area contributed by atoms with E-state index in [1.165, 1.54) is 19.6 Å². The van der Waals surface area contributed by atoms with Gasteiger partial charge in [-0.2, -0.15) is 17.0 Å². The van der Waals surface area contributed by atoms with Crippen LogP contribution in [0, 0.1) is 0 Å². The molecule has 0 radical (unpaired) electrons. The molecule has 0 N–H and O–H groups in total. The highest BCUT2D eigenvalue weighted by molar-refractivity contribution is 7.86. The summed E-state index contributed by atoms with van der Waals surface area (Å²) < 4.78 is 28.9. The van der Waals surface area contributed by atoms with Crippen LogP contribution in [0.2, 0.25) is 0 Å². The molecular formula is C22H31N5O5S. The van der Waals surface area contributed by atoms with Gasteiger partial charge in [-0.25, -0.2) is 0 Å².